The van der Waals surface area contributed by atoms with Gasteiger partial charge in [-0.05, 0) is 38.1 Å². The third kappa shape index (κ3) is 5.07. The number of carbonyl (C=O) groups excluding carboxylic acids is 1. The van der Waals surface area contributed by atoms with Crippen molar-refractivity contribution >= 4 is 11.9 Å². The maximum atomic E-state index is 12.1. The zero-order chi connectivity index (χ0) is 16.0. The Balaban J connectivity index is 2.76. The molecule has 1 aromatic carbocycles. The molecule has 1 rings (SSSR count). The van der Waals surface area contributed by atoms with E-state index in [4.69, 9.17) is 0 Å². The van der Waals surface area contributed by atoms with Gasteiger partial charge in [0.25, 0.3) is 0 Å². The van der Waals surface area contributed by atoms with E-state index in [2.05, 4.69) is 10.6 Å². The van der Waals surface area contributed by atoms with Gasteiger partial charge in [0.05, 0.1) is 5.54 Å². The standard InChI is InChI=1S/C15H22N2O4/c1-4-16-15(2,3)14(21)17-12(13(19)20)9-10-5-7-11(18)8-6-10/h5-8,12,16,18H,4,9H2,1-3H3,(H,17,21)(H,19,20). The van der Waals surface area contributed by atoms with Crippen molar-refractivity contribution in [3.05, 3.63) is 29.8 Å². The van der Waals surface area contributed by atoms with Gasteiger partial charge in [0.2, 0.25) is 5.91 Å². The number of hydrogen-bond donors (Lipinski definition) is 4. The number of hydrogen-bond acceptors (Lipinski definition) is 4. The second-order valence-corrected chi connectivity index (χ2v) is 5.39. The first kappa shape index (κ1) is 17.0. The maximum Gasteiger partial charge on any atom is 0.326 e. The zero-order valence-electron chi connectivity index (χ0n) is 12.5. The molecule has 0 bridgehead atoms. The lowest BCUT2D eigenvalue weighted by Gasteiger charge is -2.26. The van der Waals surface area contributed by atoms with Crippen molar-refractivity contribution in [1.29, 1.82) is 0 Å². The third-order valence-corrected chi connectivity index (χ3v) is 3.17. The fraction of sp³-hybridized carbons (Fsp3) is 0.467. The van der Waals surface area contributed by atoms with Crippen LogP contribution >= 0.6 is 0 Å². The van der Waals surface area contributed by atoms with Crippen molar-refractivity contribution in [2.75, 3.05) is 6.54 Å². The van der Waals surface area contributed by atoms with Crippen LogP contribution in [0.25, 0.3) is 0 Å². The highest BCUT2D eigenvalue weighted by molar-refractivity contribution is 5.89. The molecule has 0 saturated heterocycles. The van der Waals surface area contributed by atoms with Crippen LogP contribution in [-0.4, -0.2) is 40.2 Å². The van der Waals surface area contributed by atoms with Gasteiger partial charge in [0.1, 0.15) is 11.8 Å². The van der Waals surface area contributed by atoms with Crippen molar-refractivity contribution in [2.45, 2.75) is 38.8 Å². The number of nitrogens with one attached hydrogen (secondary N) is 2. The molecular weight excluding hydrogens is 272 g/mol. The number of carbonyl (C=O) groups is 2. The van der Waals surface area contributed by atoms with E-state index in [9.17, 15) is 19.8 Å². The summed E-state index contributed by atoms with van der Waals surface area (Å²) < 4.78 is 0. The van der Waals surface area contributed by atoms with Gasteiger partial charge in [-0.1, -0.05) is 19.1 Å². The molecule has 0 radical (unpaired) electrons. The molecule has 116 valence electrons. The molecule has 0 fully saturated rings. The number of phenols is 1. The molecule has 21 heavy (non-hydrogen) atoms. The SMILES string of the molecule is CCNC(C)(C)C(=O)NC(Cc1ccc(O)cc1)C(=O)O. The Bertz CT molecular complexity index is 497. The topological polar surface area (TPSA) is 98.7 Å². The van der Waals surface area contributed by atoms with E-state index in [1.807, 2.05) is 6.92 Å². The molecule has 0 saturated carbocycles. The summed E-state index contributed by atoms with van der Waals surface area (Å²) in [4.78, 5) is 23.4. The third-order valence-electron chi connectivity index (χ3n) is 3.17. The molecule has 0 aliphatic heterocycles. The number of likely N-dealkylation sites (N-methyl/N-ethyl adjacent to an activating group) is 1. The lowest BCUT2D eigenvalue weighted by Crippen LogP contribution is -2.56. The Labute approximate surface area is 124 Å². The Morgan fingerprint density at radius 1 is 1.24 bits per heavy atom. The molecule has 6 heteroatoms. The number of aromatic hydroxyl groups is 1. The summed E-state index contributed by atoms with van der Waals surface area (Å²) in [6.45, 7) is 5.88. The summed E-state index contributed by atoms with van der Waals surface area (Å²) in [6.07, 6.45) is 0.156. The van der Waals surface area contributed by atoms with Crippen LogP contribution in [0.4, 0.5) is 0 Å². The van der Waals surface area contributed by atoms with Gasteiger partial charge in [-0.25, -0.2) is 4.79 Å². The summed E-state index contributed by atoms with van der Waals surface area (Å²) in [5, 5.41) is 24.0. The van der Waals surface area contributed by atoms with Crippen LogP contribution in [0.5, 0.6) is 5.75 Å². The molecule has 0 aliphatic carbocycles. The van der Waals surface area contributed by atoms with Gasteiger partial charge in [-0.15, -0.1) is 0 Å². The van der Waals surface area contributed by atoms with Gasteiger partial charge in [0, 0.05) is 6.42 Å². The Morgan fingerprint density at radius 2 is 1.81 bits per heavy atom. The Morgan fingerprint density at radius 3 is 2.29 bits per heavy atom. The van der Waals surface area contributed by atoms with Gasteiger partial charge in [-0.2, -0.15) is 0 Å². The van der Waals surface area contributed by atoms with E-state index in [1.165, 1.54) is 12.1 Å². The van der Waals surface area contributed by atoms with Gasteiger partial charge >= 0.3 is 5.97 Å². The Kier molecular flexibility index (Phi) is 5.72. The van der Waals surface area contributed by atoms with Crippen LogP contribution in [0.1, 0.15) is 26.3 Å². The van der Waals surface area contributed by atoms with E-state index in [0.717, 1.165) is 5.56 Å². The summed E-state index contributed by atoms with van der Waals surface area (Å²) in [7, 11) is 0. The van der Waals surface area contributed by atoms with E-state index in [-0.39, 0.29) is 18.1 Å². The maximum absolute atomic E-state index is 12.1. The average Bonchev–Trinajstić information content (AvgIpc) is 2.40. The molecular formula is C15H22N2O4. The Hall–Kier alpha value is -2.08. The average molecular weight is 294 g/mol. The predicted octanol–water partition coefficient (Wildman–Crippen LogP) is 0.892. The van der Waals surface area contributed by atoms with Crippen LogP contribution < -0.4 is 10.6 Å². The highest BCUT2D eigenvalue weighted by Gasteiger charge is 2.30. The zero-order valence-corrected chi connectivity index (χ0v) is 12.5. The lowest BCUT2D eigenvalue weighted by molar-refractivity contribution is -0.142. The van der Waals surface area contributed by atoms with Crippen LogP contribution in [0.15, 0.2) is 24.3 Å². The summed E-state index contributed by atoms with van der Waals surface area (Å²) in [6, 6.07) is 5.22. The minimum absolute atomic E-state index is 0.114. The number of phenolic OH excluding ortho intramolecular Hbond substituents is 1. The first-order chi connectivity index (χ1) is 9.76. The van der Waals surface area contributed by atoms with Gasteiger partial charge in [-0.3, -0.25) is 4.79 Å². The predicted molar refractivity (Wildman–Crippen MR) is 79.1 cm³/mol. The molecule has 1 amide bonds. The molecule has 1 atom stereocenters. The number of amides is 1. The van der Waals surface area contributed by atoms with E-state index >= 15 is 0 Å². The highest BCUT2D eigenvalue weighted by atomic mass is 16.4. The number of rotatable bonds is 7. The molecule has 0 aliphatic rings. The minimum Gasteiger partial charge on any atom is -0.508 e. The highest BCUT2D eigenvalue weighted by Crippen LogP contribution is 2.12. The van der Waals surface area contributed by atoms with Gasteiger partial charge in [0.15, 0.2) is 0 Å². The van der Waals surface area contributed by atoms with Gasteiger partial charge < -0.3 is 20.8 Å². The number of benzene rings is 1. The smallest absolute Gasteiger partial charge is 0.326 e. The second-order valence-electron chi connectivity index (χ2n) is 5.39. The van der Waals surface area contributed by atoms with Crippen LogP contribution in [0.2, 0.25) is 0 Å². The fourth-order valence-electron chi connectivity index (χ4n) is 1.93. The monoisotopic (exact) mass is 294 g/mol. The number of carboxylic acids is 1. The number of carboxylic acid groups (broad SMARTS) is 1. The van der Waals surface area contributed by atoms with E-state index in [1.54, 1.807) is 26.0 Å². The van der Waals surface area contributed by atoms with Crippen LogP contribution in [0.3, 0.4) is 0 Å². The van der Waals surface area contributed by atoms with Crippen LogP contribution in [0, 0.1) is 0 Å². The van der Waals surface area contributed by atoms with E-state index < -0.39 is 17.6 Å². The summed E-state index contributed by atoms with van der Waals surface area (Å²) in [5.41, 5.74) is -0.112. The van der Waals surface area contributed by atoms with Crippen LogP contribution in [-0.2, 0) is 16.0 Å². The molecule has 1 aromatic rings. The molecule has 0 aromatic heterocycles. The fourth-order valence-corrected chi connectivity index (χ4v) is 1.93. The minimum atomic E-state index is -1.09. The molecule has 4 N–H and O–H groups in total. The molecule has 1 unspecified atom stereocenters. The second kappa shape index (κ2) is 7.08. The summed E-state index contributed by atoms with van der Waals surface area (Å²) >= 11 is 0. The van der Waals surface area contributed by atoms with Crippen molar-refractivity contribution in [3.8, 4) is 5.75 Å². The summed E-state index contributed by atoms with van der Waals surface area (Å²) in [5.74, 6) is -1.35. The van der Waals surface area contributed by atoms with Crippen molar-refractivity contribution in [1.82, 2.24) is 10.6 Å². The first-order valence-electron chi connectivity index (χ1n) is 6.83. The lowest BCUT2D eigenvalue weighted by atomic mass is 10.0. The number of aliphatic carboxylic acids is 1. The molecule has 6 nitrogen and oxygen atoms in total. The largest absolute Gasteiger partial charge is 0.508 e. The molecule has 0 spiro atoms. The molecule has 0 heterocycles. The van der Waals surface area contributed by atoms with Crippen molar-refractivity contribution < 1.29 is 19.8 Å². The van der Waals surface area contributed by atoms with Crippen molar-refractivity contribution in [2.24, 2.45) is 0 Å². The quantitative estimate of drug-likeness (QED) is 0.599. The van der Waals surface area contributed by atoms with E-state index in [0.29, 0.717) is 6.54 Å². The normalized spacial score (nSPS) is 12.7. The first-order valence-corrected chi connectivity index (χ1v) is 6.83. The van der Waals surface area contributed by atoms with Crippen molar-refractivity contribution in [3.63, 3.8) is 0 Å².